The van der Waals surface area contributed by atoms with Crippen molar-refractivity contribution in [2.45, 2.75) is 0 Å². The van der Waals surface area contributed by atoms with Crippen molar-refractivity contribution in [1.29, 1.82) is 0 Å². The molecule has 0 aromatic carbocycles. The van der Waals surface area contributed by atoms with Crippen LogP contribution in [0.2, 0.25) is 0 Å². The van der Waals surface area contributed by atoms with E-state index >= 15 is 0 Å². The van der Waals surface area contributed by atoms with Crippen LogP contribution in [0.1, 0.15) is 0 Å². The minimum absolute atomic E-state index is 0.838. The highest BCUT2D eigenvalue weighted by atomic mass is 15.1. The average molecular weight is 118 g/mol. The van der Waals surface area contributed by atoms with Gasteiger partial charge in [-0.25, -0.2) is 0 Å². The molecule has 0 saturated heterocycles. The van der Waals surface area contributed by atoms with Gasteiger partial charge in [0.2, 0.25) is 0 Å². The first kappa shape index (κ1) is 4.49. The highest BCUT2D eigenvalue weighted by Gasteiger charge is 1.90. The zero-order chi connectivity index (χ0) is 6.10. The molecule has 0 bridgehead atoms. The Bertz CT molecular complexity index is 282. The fraction of sp³-hybridized carbons (Fsp3) is 0. The molecule has 0 aliphatic carbocycles. The summed E-state index contributed by atoms with van der Waals surface area (Å²) in [4.78, 5) is 3.87. The summed E-state index contributed by atoms with van der Waals surface area (Å²) in [5.74, 6) is 0. The molecule has 43 valence electrons. The van der Waals surface area contributed by atoms with Gasteiger partial charge < -0.3 is 0 Å². The molecule has 0 unspecified atom stereocenters. The second-order valence-corrected chi connectivity index (χ2v) is 1.74. The molecule has 0 aliphatic heterocycles. The van der Waals surface area contributed by atoms with E-state index in [0.29, 0.717) is 0 Å². The highest BCUT2D eigenvalue weighted by molar-refractivity contribution is 5.75. The highest BCUT2D eigenvalue weighted by Crippen LogP contribution is 2.04. The van der Waals surface area contributed by atoms with Gasteiger partial charge >= 0.3 is 0 Å². The Morgan fingerprint density at radius 2 is 2.56 bits per heavy atom. The number of aromatic amines is 1. The van der Waals surface area contributed by atoms with E-state index in [1.165, 1.54) is 0 Å². The third-order valence-corrected chi connectivity index (χ3v) is 1.16. The number of aromatic nitrogens is 3. The van der Waals surface area contributed by atoms with E-state index in [1.54, 1.807) is 18.6 Å². The van der Waals surface area contributed by atoms with Crippen molar-refractivity contribution in [3.05, 3.63) is 24.7 Å². The molecule has 0 atom stereocenters. The Kier molecular flexibility index (Phi) is 0.773. The molecule has 2 heterocycles. The third kappa shape index (κ3) is 0.579. The Labute approximate surface area is 51.7 Å². The summed E-state index contributed by atoms with van der Waals surface area (Å²) in [7, 11) is 0. The number of hydrogen-bond acceptors (Lipinski definition) is 2. The summed E-state index contributed by atoms with van der Waals surface area (Å²) < 4.78 is 0. The van der Waals surface area contributed by atoms with Crippen molar-refractivity contribution < 1.29 is 0 Å². The quantitative estimate of drug-likeness (QED) is 0.554. The van der Waals surface area contributed by atoms with Crippen molar-refractivity contribution in [2.24, 2.45) is 0 Å². The van der Waals surface area contributed by atoms with Crippen LogP contribution in [0.15, 0.2) is 18.6 Å². The summed E-state index contributed by atoms with van der Waals surface area (Å²) >= 11 is 0. The Morgan fingerprint density at radius 1 is 1.56 bits per heavy atom. The molecule has 0 fully saturated rings. The van der Waals surface area contributed by atoms with E-state index in [9.17, 15) is 0 Å². The monoisotopic (exact) mass is 118 g/mol. The van der Waals surface area contributed by atoms with Crippen LogP contribution in [0.3, 0.4) is 0 Å². The van der Waals surface area contributed by atoms with Crippen LogP contribution in [0.25, 0.3) is 10.9 Å². The second-order valence-electron chi connectivity index (χ2n) is 1.74. The maximum atomic E-state index is 3.90. The van der Waals surface area contributed by atoms with Crippen molar-refractivity contribution in [2.75, 3.05) is 0 Å². The average Bonchev–Trinajstić information content (AvgIpc) is 2.33. The van der Waals surface area contributed by atoms with Gasteiger partial charge in [0, 0.05) is 30.0 Å². The SMILES string of the molecule is [c]1cncc2c[nH]nc12. The summed E-state index contributed by atoms with van der Waals surface area (Å²) in [5, 5.41) is 7.61. The van der Waals surface area contributed by atoms with Gasteiger partial charge in [-0.2, -0.15) is 5.10 Å². The Morgan fingerprint density at radius 3 is 3.44 bits per heavy atom. The Balaban J connectivity index is 2.95. The molecule has 1 radical (unpaired) electrons. The predicted octanol–water partition coefficient (Wildman–Crippen LogP) is 0.758. The number of nitrogens with one attached hydrogen (secondary N) is 1. The summed E-state index contributed by atoms with van der Waals surface area (Å²) in [5.41, 5.74) is 0.838. The topological polar surface area (TPSA) is 41.6 Å². The molecule has 0 aliphatic rings. The standard InChI is InChI=1S/C6H4N3/c1-2-7-3-5-4-8-9-6(1)5/h2-4H,(H,8,9). The largest absolute Gasteiger partial charge is 0.284 e. The maximum absolute atomic E-state index is 3.90. The molecule has 0 amide bonds. The molecule has 3 heteroatoms. The van der Waals surface area contributed by atoms with Gasteiger partial charge in [-0.05, 0) is 0 Å². The smallest absolute Gasteiger partial charge is 0.103 e. The minimum Gasteiger partial charge on any atom is -0.284 e. The molecule has 2 rings (SSSR count). The third-order valence-electron chi connectivity index (χ3n) is 1.16. The van der Waals surface area contributed by atoms with Crippen molar-refractivity contribution in [1.82, 2.24) is 15.2 Å². The number of H-pyrrole nitrogens is 1. The predicted molar refractivity (Wildman–Crippen MR) is 32.7 cm³/mol. The zero-order valence-corrected chi connectivity index (χ0v) is 4.63. The van der Waals surface area contributed by atoms with Gasteiger partial charge in [-0.15, -0.1) is 0 Å². The maximum Gasteiger partial charge on any atom is 0.103 e. The lowest BCUT2D eigenvalue weighted by Crippen LogP contribution is -1.69. The molecule has 9 heavy (non-hydrogen) atoms. The molecule has 0 spiro atoms. The number of hydrogen-bond donors (Lipinski definition) is 1. The van der Waals surface area contributed by atoms with Gasteiger partial charge in [0.05, 0.1) is 0 Å². The molecular weight excluding hydrogens is 114 g/mol. The van der Waals surface area contributed by atoms with Crippen molar-refractivity contribution in [3.63, 3.8) is 0 Å². The van der Waals surface area contributed by atoms with Crippen LogP contribution in [0.4, 0.5) is 0 Å². The van der Waals surface area contributed by atoms with E-state index in [0.717, 1.165) is 10.9 Å². The zero-order valence-electron chi connectivity index (χ0n) is 4.63. The summed E-state index contributed by atoms with van der Waals surface area (Å²) in [6.07, 6.45) is 5.14. The summed E-state index contributed by atoms with van der Waals surface area (Å²) in [6, 6.07) is 2.88. The number of rotatable bonds is 0. The molecule has 2 aromatic rings. The fourth-order valence-corrected chi connectivity index (χ4v) is 0.729. The molecule has 1 N–H and O–H groups in total. The van der Waals surface area contributed by atoms with E-state index in [4.69, 9.17) is 0 Å². The van der Waals surface area contributed by atoms with Crippen LogP contribution in [-0.2, 0) is 0 Å². The molecule has 0 saturated carbocycles. The number of fused-ring (bicyclic) bond motifs is 1. The van der Waals surface area contributed by atoms with Crippen LogP contribution >= 0.6 is 0 Å². The van der Waals surface area contributed by atoms with E-state index in [2.05, 4.69) is 21.2 Å². The van der Waals surface area contributed by atoms with E-state index in [1.807, 2.05) is 0 Å². The Hall–Kier alpha value is -1.38. The minimum atomic E-state index is 0.838. The van der Waals surface area contributed by atoms with Crippen molar-refractivity contribution in [3.8, 4) is 0 Å². The van der Waals surface area contributed by atoms with Gasteiger partial charge in [0.25, 0.3) is 0 Å². The van der Waals surface area contributed by atoms with Crippen LogP contribution in [-0.4, -0.2) is 15.2 Å². The van der Waals surface area contributed by atoms with Gasteiger partial charge in [0.15, 0.2) is 0 Å². The van der Waals surface area contributed by atoms with Gasteiger partial charge in [0.1, 0.15) is 5.52 Å². The molecule has 3 nitrogen and oxygen atoms in total. The van der Waals surface area contributed by atoms with Crippen LogP contribution < -0.4 is 0 Å². The van der Waals surface area contributed by atoms with E-state index < -0.39 is 0 Å². The van der Waals surface area contributed by atoms with E-state index in [-0.39, 0.29) is 0 Å². The van der Waals surface area contributed by atoms with Gasteiger partial charge in [-0.3, -0.25) is 10.1 Å². The molecule has 2 aromatic heterocycles. The lowest BCUT2D eigenvalue weighted by Gasteiger charge is -1.78. The summed E-state index contributed by atoms with van der Waals surface area (Å²) in [6.45, 7) is 0. The van der Waals surface area contributed by atoms with Crippen LogP contribution in [0, 0.1) is 6.07 Å². The number of nitrogens with zero attached hydrogens (tertiary/aromatic N) is 2. The van der Waals surface area contributed by atoms with Gasteiger partial charge in [-0.1, -0.05) is 0 Å². The molecular formula is C6H4N3. The lowest BCUT2D eigenvalue weighted by molar-refractivity contribution is 1.12. The fourth-order valence-electron chi connectivity index (χ4n) is 0.729. The normalized spacial score (nSPS) is 10.2. The first-order valence-electron chi connectivity index (χ1n) is 2.62. The number of pyridine rings is 1. The van der Waals surface area contributed by atoms with Crippen LogP contribution in [0.5, 0.6) is 0 Å². The first-order chi connectivity index (χ1) is 4.47. The lowest BCUT2D eigenvalue weighted by atomic mass is 10.3. The first-order valence-corrected chi connectivity index (χ1v) is 2.62. The second kappa shape index (κ2) is 1.55. The van der Waals surface area contributed by atoms with Crippen molar-refractivity contribution >= 4 is 10.9 Å².